The molecule has 1 rings (SSSR count). The van der Waals surface area contributed by atoms with Crippen LogP contribution in [0.25, 0.3) is 0 Å². The van der Waals surface area contributed by atoms with Crippen LogP contribution in [0.3, 0.4) is 0 Å². The van der Waals surface area contributed by atoms with Gasteiger partial charge in [0.1, 0.15) is 5.75 Å². The minimum absolute atomic E-state index is 0.0159. The van der Waals surface area contributed by atoms with E-state index in [1.165, 1.54) is 24.3 Å². The fourth-order valence-corrected chi connectivity index (χ4v) is 0.574. The van der Waals surface area contributed by atoms with Gasteiger partial charge in [-0.3, -0.25) is 10.1 Å². The summed E-state index contributed by atoms with van der Waals surface area (Å²) >= 11 is -1.92. The molecular formula is C6H5Cl3NO3Ti. The van der Waals surface area contributed by atoms with E-state index in [1.54, 1.807) is 0 Å². The second-order valence-corrected chi connectivity index (χ2v) is 9.73. The molecule has 4 nitrogen and oxygen atoms in total. The number of nitrogens with zero attached hydrogens (tertiary/aromatic N) is 1. The van der Waals surface area contributed by atoms with Gasteiger partial charge in [-0.25, -0.2) is 0 Å². The summed E-state index contributed by atoms with van der Waals surface area (Å²) in [5, 5.41) is 18.8. The van der Waals surface area contributed by atoms with Crippen molar-refractivity contribution in [3.8, 4) is 5.75 Å². The zero-order chi connectivity index (χ0) is 11.1. The Morgan fingerprint density at radius 3 is 1.86 bits per heavy atom. The summed E-state index contributed by atoms with van der Waals surface area (Å²) in [6.45, 7) is 0. The Bertz CT molecular complexity index is 290. The average molecular weight is 293 g/mol. The van der Waals surface area contributed by atoms with Gasteiger partial charge in [-0.05, 0) is 12.1 Å². The molecular weight excluding hydrogens is 288 g/mol. The summed E-state index contributed by atoms with van der Waals surface area (Å²) in [6.07, 6.45) is 0. The average Bonchev–Trinajstić information content (AvgIpc) is 2.03. The molecule has 14 heavy (non-hydrogen) atoms. The van der Waals surface area contributed by atoms with Crippen molar-refractivity contribution in [3.63, 3.8) is 0 Å². The third-order valence-electron chi connectivity index (χ3n) is 1.06. The number of rotatable bonds is 1. The molecule has 0 aliphatic heterocycles. The van der Waals surface area contributed by atoms with Gasteiger partial charge in [-0.2, -0.15) is 0 Å². The molecule has 0 unspecified atom stereocenters. The van der Waals surface area contributed by atoms with Crippen molar-refractivity contribution in [2.45, 2.75) is 0 Å². The maximum absolute atomic E-state index is 10.0. The van der Waals surface area contributed by atoms with Gasteiger partial charge < -0.3 is 5.11 Å². The number of benzene rings is 1. The molecule has 0 bridgehead atoms. The summed E-state index contributed by atoms with van der Waals surface area (Å²) in [6, 6.07) is 5.04. The second kappa shape index (κ2) is 7.32. The maximum atomic E-state index is 10.0. The van der Waals surface area contributed by atoms with Gasteiger partial charge in [0, 0.05) is 12.1 Å². The van der Waals surface area contributed by atoms with Crippen LogP contribution in [-0.4, -0.2) is 10.0 Å². The number of non-ortho nitro benzene ring substituents is 1. The first-order chi connectivity index (χ1) is 6.43. The van der Waals surface area contributed by atoms with Crippen molar-refractivity contribution < 1.29 is 24.7 Å². The van der Waals surface area contributed by atoms with Gasteiger partial charge in [0.05, 0.1) is 4.92 Å². The standard InChI is InChI=1S/C6H5NO3.3ClH.Ti/c8-6-3-1-5(2-4-6)7(9)10;;;;/h1-4,8H;3*1H;/q;;;;+3/p-3. The van der Waals surface area contributed by atoms with Crippen LogP contribution in [0.1, 0.15) is 0 Å². The molecule has 0 radical (unpaired) electrons. The number of hydrogen-bond donors (Lipinski definition) is 1. The molecule has 0 aliphatic carbocycles. The monoisotopic (exact) mass is 292 g/mol. The van der Waals surface area contributed by atoms with E-state index < -0.39 is 19.6 Å². The molecule has 1 N–H and O–H groups in total. The topological polar surface area (TPSA) is 63.4 Å². The quantitative estimate of drug-likeness (QED) is 0.490. The van der Waals surface area contributed by atoms with Crippen molar-refractivity contribution in [2.24, 2.45) is 0 Å². The molecule has 0 heterocycles. The second-order valence-electron chi connectivity index (χ2n) is 1.99. The van der Waals surface area contributed by atoms with Gasteiger partial charge in [-0.15, -0.1) is 0 Å². The van der Waals surface area contributed by atoms with Crippen LogP contribution < -0.4 is 0 Å². The normalized spacial score (nSPS) is 8.50. The predicted molar refractivity (Wildman–Crippen MR) is 52.3 cm³/mol. The molecule has 77 valence electrons. The molecule has 0 spiro atoms. The Morgan fingerprint density at radius 1 is 1.21 bits per heavy atom. The van der Waals surface area contributed by atoms with Crippen LogP contribution in [0.2, 0.25) is 0 Å². The molecule has 8 heteroatoms. The SMILES string of the molecule is O=[N+]([O-])c1ccc(O)cc1.[Cl][Ti]([Cl])[Cl]. The van der Waals surface area contributed by atoms with Crippen molar-refractivity contribution in [2.75, 3.05) is 0 Å². The molecule has 0 saturated heterocycles. The molecule has 0 saturated carbocycles. The van der Waals surface area contributed by atoms with Crippen LogP contribution in [0, 0.1) is 10.1 Å². The van der Waals surface area contributed by atoms with E-state index in [0.29, 0.717) is 0 Å². The minimum atomic E-state index is -1.92. The summed E-state index contributed by atoms with van der Waals surface area (Å²) in [4.78, 5) is 9.52. The van der Waals surface area contributed by atoms with Gasteiger partial charge in [-0.1, -0.05) is 0 Å². The van der Waals surface area contributed by atoms with E-state index in [1.807, 2.05) is 0 Å². The van der Waals surface area contributed by atoms with Gasteiger partial charge in [0.25, 0.3) is 5.69 Å². The third-order valence-corrected chi connectivity index (χ3v) is 1.06. The predicted octanol–water partition coefficient (Wildman–Crippen LogP) is 3.37. The first-order valence-corrected chi connectivity index (χ1v) is 9.65. The summed E-state index contributed by atoms with van der Waals surface area (Å²) in [5.41, 5.74) is -0.0159. The molecule has 0 aromatic heterocycles. The fourth-order valence-electron chi connectivity index (χ4n) is 0.574. The first kappa shape index (κ1) is 14.0. The van der Waals surface area contributed by atoms with Crippen molar-refractivity contribution in [3.05, 3.63) is 34.4 Å². The van der Waals surface area contributed by atoms with E-state index in [4.69, 9.17) is 33.0 Å². The summed E-state index contributed by atoms with van der Waals surface area (Å²) in [7, 11) is 14.9. The van der Waals surface area contributed by atoms with Crippen LogP contribution in [0.4, 0.5) is 5.69 Å². The van der Waals surface area contributed by atoms with Crippen molar-refractivity contribution in [1.29, 1.82) is 0 Å². The number of hydrogen-bond acceptors (Lipinski definition) is 3. The first-order valence-electron chi connectivity index (χ1n) is 3.20. The van der Waals surface area contributed by atoms with Crippen LogP contribution in [0.5, 0.6) is 5.75 Å². The molecule has 1 aromatic rings. The Hall–Kier alpha value is 0.00429. The van der Waals surface area contributed by atoms with E-state index >= 15 is 0 Å². The van der Waals surface area contributed by atoms with Crippen molar-refractivity contribution in [1.82, 2.24) is 0 Å². The zero-order valence-corrected chi connectivity index (χ0v) is 10.5. The van der Waals surface area contributed by atoms with Crippen LogP contribution in [-0.2, 0) is 14.7 Å². The molecule has 0 fully saturated rings. The van der Waals surface area contributed by atoms with Crippen LogP contribution in [0.15, 0.2) is 24.3 Å². The number of halogens is 3. The van der Waals surface area contributed by atoms with Gasteiger partial charge in [0.2, 0.25) is 0 Å². The van der Waals surface area contributed by atoms with E-state index in [9.17, 15) is 10.1 Å². The Kier molecular flexibility index (Phi) is 7.32. The number of aromatic hydroxyl groups is 1. The Morgan fingerprint density at radius 2 is 1.57 bits per heavy atom. The zero-order valence-electron chi connectivity index (χ0n) is 6.65. The number of phenols is 1. The van der Waals surface area contributed by atoms with Crippen molar-refractivity contribution >= 4 is 33.6 Å². The Balaban J connectivity index is 0.000000364. The number of phenolic OH excluding ortho intramolecular Hbond substituents is 1. The molecule has 0 aliphatic rings. The van der Waals surface area contributed by atoms with Gasteiger partial charge >= 0.3 is 42.6 Å². The summed E-state index contributed by atoms with van der Waals surface area (Å²) < 4.78 is 0. The van der Waals surface area contributed by atoms with E-state index in [-0.39, 0.29) is 11.4 Å². The molecule has 1 aromatic carbocycles. The molecule has 0 atom stereocenters. The molecule has 0 amide bonds. The number of nitro benzene ring substituents is 1. The van der Waals surface area contributed by atoms with Gasteiger partial charge in [0.15, 0.2) is 0 Å². The van der Waals surface area contributed by atoms with E-state index in [2.05, 4.69) is 0 Å². The summed E-state index contributed by atoms with van der Waals surface area (Å²) in [5.74, 6) is 0.0330. The fraction of sp³-hybridized carbons (Fsp3) is 0. The van der Waals surface area contributed by atoms with Crippen LogP contribution >= 0.6 is 27.9 Å². The Labute approximate surface area is 98.0 Å². The third kappa shape index (κ3) is 7.41. The van der Waals surface area contributed by atoms with E-state index in [0.717, 1.165) is 0 Å². The number of nitro groups is 1.